The Labute approximate surface area is 108 Å². The van der Waals surface area contributed by atoms with Gasteiger partial charge in [-0.2, -0.15) is 0 Å². The van der Waals surface area contributed by atoms with Gasteiger partial charge in [0.05, 0.1) is 0 Å². The van der Waals surface area contributed by atoms with E-state index < -0.39 is 0 Å². The van der Waals surface area contributed by atoms with Crippen molar-refractivity contribution < 1.29 is 4.79 Å². The average Bonchev–Trinajstić information content (AvgIpc) is 2.52. The van der Waals surface area contributed by atoms with Gasteiger partial charge in [-0.25, -0.2) is 0 Å². The summed E-state index contributed by atoms with van der Waals surface area (Å²) in [5.74, 6) is 0.135. The molecule has 1 aliphatic rings. The molecule has 2 nitrogen and oxygen atoms in total. The van der Waals surface area contributed by atoms with Crippen molar-refractivity contribution >= 4 is 33.4 Å². The summed E-state index contributed by atoms with van der Waals surface area (Å²) in [5, 5.41) is 3.76. The van der Waals surface area contributed by atoms with Gasteiger partial charge in [0.2, 0.25) is 5.91 Å². The van der Waals surface area contributed by atoms with E-state index in [9.17, 15) is 4.79 Å². The van der Waals surface area contributed by atoms with E-state index in [4.69, 9.17) is 11.6 Å². The van der Waals surface area contributed by atoms with E-state index in [1.54, 1.807) is 0 Å². The third-order valence-corrected chi connectivity index (χ3v) is 3.79. The van der Waals surface area contributed by atoms with Gasteiger partial charge in [-0.05, 0) is 37.5 Å². The van der Waals surface area contributed by atoms with Crippen molar-refractivity contribution in [1.29, 1.82) is 0 Å². The molecule has 0 spiro atoms. The summed E-state index contributed by atoms with van der Waals surface area (Å²) >= 11 is 9.54. The van der Waals surface area contributed by atoms with E-state index in [1.807, 2.05) is 18.2 Å². The smallest absolute Gasteiger partial charge is 0.220 e. The van der Waals surface area contributed by atoms with E-state index >= 15 is 0 Å². The lowest BCUT2D eigenvalue weighted by molar-refractivity contribution is -0.119. The highest BCUT2D eigenvalue weighted by Crippen LogP contribution is 2.29. The van der Waals surface area contributed by atoms with Crippen LogP contribution in [0.1, 0.15) is 25.3 Å². The molecule has 0 radical (unpaired) electrons. The quantitative estimate of drug-likeness (QED) is 0.892. The first-order valence-corrected chi connectivity index (χ1v) is 6.41. The minimum absolute atomic E-state index is 0.135. The Balaban J connectivity index is 2.17. The van der Waals surface area contributed by atoms with E-state index in [1.165, 1.54) is 0 Å². The molecular formula is C12H13BrClNO. The monoisotopic (exact) mass is 301 g/mol. The standard InChI is InChI=1S/C12H13BrClNO/c1-12(5-4-11(16)15-12)7-8-2-3-9(13)6-10(8)14/h2-3,6H,4-5,7H2,1H3,(H,15,16). The average molecular weight is 303 g/mol. The lowest BCUT2D eigenvalue weighted by atomic mass is 9.91. The largest absolute Gasteiger partial charge is 0.351 e. The number of rotatable bonds is 2. The van der Waals surface area contributed by atoms with Crippen molar-refractivity contribution in [3.8, 4) is 0 Å². The maximum atomic E-state index is 11.2. The van der Waals surface area contributed by atoms with Crippen molar-refractivity contribution in [2.24, 2.45) is 0 Å². The minimum atomic E-state index is -0.144. The molecular weight excluding hydrogens is 289 g/mol. The number of halogens is 2. The van der Waals surface area contributed by atoms with Gasteiger partial charge in [0, 0.05) is 21.5 Å². The van der Waals surface area contributed by atoms with Crippen LogP contribution in [0.15, 0.2) is 22.7 Å². The summed E-state index contributed by atoms with van der Waals surface area (Å²) in [6.45, 7) is 2.07. The van der Waals surface area contributed by atoms with Crippen LogP contribution in [0, 0.1) is 0 Å². The first-order chi connectivity index (χ1) is 7.48. The molecule has 1 heterocycles. The second kappa shape index (κ2) is 4.38. The zero-order valence-corrected chi connectivity index (χ0v) is 11.4. The maximum Gasteiger partial charge on any atom is 0.220 e. The van der Waals surface area contributed by atoms with Gasteiger partial charge in [0.25, 0.3) is 0 Å². The minimum Gasteiger partial charge on any atom is -0.351 e. The molecule has 0 aromatic heterocycles. The molecule has 1 amide bonds. The van der Waals surface area contributed by atoms with Gasteiger partial charge in [0.15, 0.2) is 0 Å². The maximum absolute atomic E-state index is 11.2. The van der Waals surface area contributed by atoms with Crippen molar-refractivity contribution in [3.05, 3.63) is 33.3 Å². The van der Waals surface area contributed by atoms with Crippen LogP contribution < -0.4 is 5.32 Å². The van der Waals surface area contributed by atoms with Crippen molar-refractivity contribution in [2.45, 2.75) is 31.7 Å². The second-order valence-corrected chi connectivity index (χ2v) is 5.84. The third kappa shape index (κ3) is 2.58. The Morgan fingerprint density at radius 1 is 1.56 bits per heavy atom. The first-order valence-electron chi connectivity index (χ1n) is 5.23. The van der Waals surface area contributed by atoms with Crippen LogP contribution in [0.3, 0.4) is 0 Å². The van der Waals surface area contributed by atoms with Crippen LogP contribution in [-0.2, 0) is 11.2 Å². The van der Waals surface area contributed by atoms with E-state index in [-0.39, 0.29) is 11.4 Å². The molecule has 1 unspecified atom stereocenters. The summed E-state index contributed by atoms with van der Waals surface area (Å²) in [6.07, 6.45) is 2.27. The van der Waals surface area contributed by atoms with Gasteiger partial charge in [-0.15, -0.1) is 0 Å². The topological polar surface area (TPSA) is 29.1 Å². The van der Waals surface area contributed by atoms with Crippen molar-refractivity contribution in [1.82, 2.24) is 5.32 Å². The van der Waals surface area contributed by atoms with Gasteiger partial charge in [-0.1, -0.05) is 33.6 Å². The molecule has 16 heavy (non-hydrogen) atoms. The molecule has 1 saturated heterocycles. The van der Waals surface area contributed by atoms with Gasteiger partial charge in [-0.3, -0.25) is 4.79 Å². The number of nitrogens with one attached hydrogen (secondary N) is 1. The second-order valence-electron chi connectivity index (χ2n) is 4.52. The molecule has 1 aromatic carbocycles. The Kier molecular flexibility index (Phi) is 3.27. The predicted molar refractivity (Wildman–Crippen MR) is 68.6 cm³/mol. The highest BCUT2D eigenvalue weighted by Gasteiger charge is 2.33. The summed E-state index contributed by atoms with van der Waals surface area (Å²) < 4.78 is 0.974. The molecule has 1 aliphatic heterocycles. The molecule has 0 saturated carbocycles. The molecule has 0 bridgehead atoms. The fraction of sp³-hybridized carbons (Fsp3) is 0.417. The number of carbonyl (C=O) groups is 1. The zero-order chi connectivity index (χ0) is 11.8. The lowest BCUT2D eigenvalue weighted by Gasteiger charge is -2.24. The summed E-state index contributed by atoms with van der Waals surface area (Å²) in [4.78, 5) is 11.2. The van der Waals surface area contributed by atoms with Crippen LogP contribution in [0.25, 0.3) is 0 Å². The zero-order valence-electron chi connectivity index (χ0n) is 9.02. The normalized spacial score (nSPS) is 24.6. The van der Waals surface area contributed by atoms with Gasteiger partial charge < -0.3 is 5.32 Å². The van der Waals surface area contributed by atoms with Crippen LogP contribution in [-0.4, -0.2) is 11.4 Å². The number of benzene rings is 1. The predicted octanol–water partition coefficient (Wildman–Crippen LogP) is 3.31. The Bertz CT molecular complexity index is 435. The van der Waals surface area contributed by atoms with E-state index in [0.717, 1.165) is 27.9 Å². The molecule has 1 fully saturated rings. The SMILES string of the molecule is CC1(Cc2ccc(Br)cc2Cl)CCC(=O)N1. The number of hydrogen-bond acceptors (Lipinski definition) is 1. The molecule has 1 aromatic rings. The van der Waals surface area contributed by atoms with Crippen molar-refractivity contribution in [2.75, 3.05) is 0 Å². The van der Waals surface area contributed by atoms with E-state index in [2.05, 4.69) is 28.2 Å². The summed E-state index contributed by atoms with van der Waals surface area (Å²) in [7, 11) is 0. The third-order valence-electron chi connectivity index (χ3n) is 2.94. The van der Waals surface area contributed by atoms with Crippen LogP contribution >= 0.6 is 27.5 Å². The summed E-state index contributed by atoms with van der Waals surface area (Å²) in [6, 6.07) is 5.86. The Hall–Kier alpha value is -0.540. The molecule has 86 valence electrons. The van der Waals surface area contributed by atoms with Gasteiger partial charge in [0.1, 0.15) is 0 Å². The summed E-state index contributed by atoms with van der Waals surface area (Å²) in [5.41, 5.74) is 0.934. The molecule has 2 rings (SSSR count). The number of hydrogen-bond donors (Lipinski definition) is 1. The van der Waals surface area contributed by atoms with E-state index in [0.29, 0.717) is 6.42 Å². The Morgan fingerprint density at radius 2 is 2.31 bits per heavy atom. The fourth-order valence-corrected chi connectivity index (χ4v) is 2.81. The highest BCUT2D eigenvalue weighted by molar-refractivity contribution is 9.10. The number of amides is 1. The number of carbonyl (C=O) groups excluding carboxylic acids is 1. The lowest BCUT2D eigenvalue weighted by Crippen LogP contribution is -2.40. The first kappa shape index (κ1) is 11.9. The highest BCUT2D eigenvalue weighted by atomic mass is 79.9. The molecule has 1 N–H and O–H groups in total. The van der Waals surface area contributed by atoms with Gasteiger partial charge >= 0.3 is 0 Å². The van der Waals surface area contributed by atoms with Crippen LogP contribution in [0.2, 0.25) is 5.02 Å². The van der Waals surface area contributed by atoms with Crippen LogP contribution in [0.5, 0.6) is 0 Å². The molecule has 4 heteroatoms. The molecule has 0 aliphatic carbocycles. The Morgan fingerprint density at radius 3 is 2.88 bits per heavy atom. The molecule has 1 atom stereocenters. The van der Waals surface area contributed by atoms with Crippen molar-refractivity contribution in [3.63, 3.8) is 0 Å². The van der Waals surface area contributed by atoms with Crippen LogP contribution in [0.4, 0.5) is 0 Å². The fourth-order valence-electron chi connectivity index (χ4n) is 2.07.